The monoisotopic (exact) mass is 187 g/mol. The first-order chi connectivity index (χ1) is 5.50. The van der Waals surface area contributed by atoms with E-state index in [4.69, 9.17) is 0 Å². The van der Waals surface area contributed by atoms with E-state index in [0.717, 1.165) is 0 Å². The molecule has 0 aromatic heterocycles. The smallest absolute Gasteiger partial charge is 0.0209 e. The molecule has 72 valence electrons. The molecule has 0 amide bonds. The summed E-state index contributed by atoms with van der Waals surface area (Å²) in [7, 11) is 0. The molecule has 1 saturated heterocycles. The number of hydrogen-bond donors (Lipinski definition) is 1. The molecular formula is C10H21NS. The predicted molar refractivity (Wildman–Crippen MR) is 57.8 cm³/mol. The van der Waals surface area contributed by atoms with Gasteiger partial charge in [0, 0.05) is 17.8 Å². The minimum atomic E-state index is 0.408. The van der Waals surface area contributed by atoms with Gasteiger partial charge in [-0.25, -0.2) is 0 Å². The second kappa shape index (κ2) is 4.01. The van der Waals surface area contributed by atoms with Gasteiger partial charge in [-0.1, -0.05) is 20.8 Å². The molecule has 0 saturated carbocycles. The minimum absolute atomic E-state index is 0.408. The number of rotatable bonds is 0. The Balaban J connectivity index is 2.52. The molecule has 2 atom stereocenters. The summed E-state index contributed by atoms with van der Waals surface area (Å²) in [6.45, 7) is 9.26. The SMILES string of the molecule is CC1CCSCC(C(C)(C)C)N1. The molecule has 0 spiro atoms. The van der Waals surface area contributed by atoms with Crippen molar-refractivity contribution in [3.8, 4) is 0 Å². The van der Waals surface area contributed by atoms with Crippen LogP contribution in [-0.4, -0.2) is 23.6 Å². The van der Waals surface area contributed by atoms with E-state index >= 15 is 0 Å². The average molecular weight is 187 g/mol. The van der Waals surface area contributed by atoms with Crippen LogP contribution in [0.25, 0.3) is 0 Å². The quantitative estimate of drug-likeness (QED) is 0.625. The Morgan fingerprint density at radius 3 is 2.58 bits per heavy atom. The molecular weight excluding hydrogens is 166 g/mol. The van der Waals surface area contributed by atoms with Crippen LogP contribution in [0, 0.1) is 5.41 Å². The van der Waals surface area contributed by atoms with Crippen molar-refractivity contribution in [1.29, 1.82) is 0 Å². The lowest BCUT2D eigenvalue weighted by Gasteiger charge is -2.31. The summed E-state index contributed by atoms with van der Waals surface area (Å²) in [6.07, 6.45) is 1.32. The number of hydrogen-bond acceptors (Lipinski definition) is 2. The lowest BCUT2D eigenvalue weighted by atomic mass is 9.87. The summed E-state index contributed by atoms with van der Waals surface area (Å²) in [4.78, 5) is 0. The van der Waals surface area contributed by atoms with Crippen molar-refractivity contribution in [3.63, 3.8) is 0 Å². The van der Waals surface area contributed by atoms with Crippen LogP contribution in [0.5, 0.6) is 0 Å². The molecule has 0 aromatic carbocycles. The first-order valence-corrected chi connectivity index (χ1v) is 5.99. The second-order valence-electron chi connectivity index (χ2n) is 4.85. The van der Waals surface area contributed by atoms with E-state index in [0.29, 0.717) is 17.5 Å². The average Bonchev–Trinajstić information content (AvgIpc) is 2.11. The van der Waals surface area contributed by atoms with E-state index < -0.39 is 0 Å². The van der Waals surface area contributed by atoms with Gasteiger partial charge in [0.05, 0.1) is 0 Å². The normalized spacial score (nSPS) is 33.0. The first kappa shape index (κ1) is 10.4. The third-order valence-corrected chi connectivity index (χ3v) is 3.60. The molecule has 1 heterocycles. The van der Waals surface area contributed by atoms with Crippen molar-refractivity contribution in [3.05, 3.63) is 0 Å². The van der Waals surface area contributed by atoms with Crippen LogP contribution in [0.1, 0.15) is 34.1 Å². The van der Waals surface area contributed by atoms with Crippen LogP contribution >= 0.6 is 11.8 Å². The Morgan fingerprint density at radius 1 is 1.33 bits per heavy atom. The van der Waals surface area contributed by atoms with Gasteiger partial charge in [-0.15, -0.1) is 0 Å². The molecule has 1 aliphatic heterocycles. The zero-order valence-corrected chi connectivity index (χ0v) is 9.50. The topological polar surface area (TPSA) is 12.0 Å². The van der Waals surface area contributed by atoms with Crippen LogP contribution in [-0.2, 0) is 0 Å². The van der Waals surface area contributed by atoms with Crippen LogP contribution < -0.4 is 5.32 Å². The van der Waals surface area contributed by atoms with E-state index in [1.165, 1.54) is 17.9 Å². The van der Waals surface area contributed by atoms with Gasteiger partial charge < -0.3 is 5.32 Å². The standard InChI is InChI=1S/C10H21NS/c1-8-5-6-12-7-9(11-8)10(2,3)4/h8-9,11H,5-7H2,1-4H3. The largest absolute Gasteiger partial charge is 0.310 e. The molecule has 2 unspecified atom stereocenters. The van der Waals surface area contributed by atoms with E-state index in [-0.39, 0.29) is 0 Å². The highest BCUT2D eigenvalue weighted by atomic mass is 32.2. The minimum Gasteiger partial charge on any atom is -0.310 e. The molecule has 0 radical (unpaired) electrons. The van der Waals surface area contributed by atoms with Crippen molar-refractivity contribution in [2.75, 3.05) is 11.5 Å². The Morgan fingerprint density at radius 2 is 2.00 bits per heavy atom. The van der Waals surface area contributed by atoms with Gasteiger partial charge in [-0.05, 0) is 24.5 Å². The Hall–Kier alpha value is 0.310. The lowest BCUT2D eigenvalue weighted by Crippen LogP contribution is -2.45. The van der Waals surface area contributed by atoms with Crippen LogP contribution in [0.15, 0.2) is 0 Å². The van der Waals surface area contributed by atoms with Crippen LogP contribution in [0.2, 0.25) is 0 Å². The highest BCUT2D eigenvalue weighted by Gasteiger charge is 2.27. The summed E-state index contributed by atoms with van der Waals surface area (Å²) in [5.74, 6) is 2.59. The van der Waals surface area contributed by atoms with Gasteiger partial charge in [0.1, 0.15) is 0 Å². The summed E-state index contributed by atoms with van der Waals surface area (Å²) in [5.41, 5.74) is 0.408. The van der Waals surface area contributed by atoms with Gasteiger partial charge in [0.2, 0.25) is 0 Å². The van der Waals surface area contributed by atoms with Gasteiger partial charge in [-0.2, -0.15) is 11.8 Å². The lowest BCUT2D eigenvalue weighted by molar-refractivity contribution is 0.273. The van der Waals surface area contributed by atoms with E-state index in [1.807, 2.05) is 0 Å². The molecule has 12 heavy (non-hydrogen) atoms. The van der Waals surface area contributed by atoms with Crippen molar-refractivity contribution in [1.82, 2.24) is 5.32 Å². The summed E-state index contributed by atoms with van der Waals surface area (Å²) < 4.78 is 0. The van der Waals surface area contributed by atoms with Crippen molar-refractivity contribution < 1.29 is 0 Å². The fourth-order valence-electron chi connectivity index (χ4n) is 1.44. The highest BCUT2D eigenvalue weighted by molar-refractivity contribution is 7.99. The van der Waals surface area contributed by atoms with Crippen LogP contribution in [0.4, 0.5) is 0 Å². The van der Waals surface area contributed by atoms with Gasteiger partial charge in [0.25, 0.3) is 0 Å². The van der Waals surface area contributed by atoms with Crippen molar-refractivity contribution in [2.24, 2.45) is 5.41 Å². The highest BCUT2D eigenvalue weighted by Crippen LogP contribution is 2.25. The molecule has 1 rings (SSSR count). The first-order valence-electron chi connectivity index (χ1n) is 4.84. The van der Waals surface area contributed by atoms with Crippen LogP contribution in [0.3, 0.4) is 0 Å². The Kier molecular flexibility index (Phi) is 3.47. The molecule has 1 fully saturated rings. The number of thioether (sulfide) groups is 1. The summed E-state index contributed by atoms with van der Waals surface area (Å²) in [5, 5.41) is 3.70. The fraction of sp³-hybridized carbons (Fsp3) is 1.00. The number of nitrogens with one attached hydrogen (secondary N) is 1. The maximum Gasteiger partial charge on any atom is 0.0209 e. The zero-order chi connectivity index (χ0) is 9.19. The third-order valence-electron chi connectivity index (χ3n) is 2.51. The van der Waals surface area contributed by atoms with Crippen molar-refractivity contribution in [2.45, 2.75) is 46.2 Å². The zero-order valence-electron chi connectivity index (χ0n) is 8.68. The Bertz CT molecular complexity index is 139. The maximum atomic E-state index is 3.70. The molecule has 2 heteroatoms. The predicted octanol–water partition coefficient (Wildman–Crippen LogP) is 2.52. The van der Waals surface area contributed by atoms with E-state index in [2.05, 4.69) is 44.8 Å². The third kappa shape index (κ3) is 2.98. The van der Waals surface area contributed by atoms with Gasteiger partial charge >= 0.3 is 0 Å². The maximum absolute atomic E-state index is 3.70. The Labute approximate surface area is 80.7 Å². The summed E-state index contributed by atoms with van der Waals surface area (Å²) in [6, 6.07) is 1.38. The van der Waals surface area contributed by atoms with E-state index in [1.54, 1.807) is 0 Å². The molecule has 0 bridgehead atoms. The fourth-order valence-corrected chi connectivity index (χ4v) is 2.95. The molecule has 1 aliphatic rings. The molecule has 0 aromatic rings. The molecule has 1 nitrogen and oxygen atoms in total. The second-order valence-corrected chi connectivity index (χ2v) is 6.00. The van der Waals surface area contributed by atoms with Gasteiger partial charge in [0.15, 0.2) is 0 Å². The van der Waals surface area contributed by atoms with Gasteiger partial charge in [-0.3, -0.25) is 0 Å². The molecule has 0 aliphatic carbocycles. The van der Waals surface area contributed by atoms with Crippen molar-refractivity contribution >= 4 is 11.8 Å². The summed E-state index contributed by atoms with van der Waals surface area (Å²) >= 11 is 2.09. The van der Waals surface area contributed by atoms with E-state index in [9.17, 15) is 0 Å². The molecule has 1 N–H and O–H groups in total.